The van der Waals surface area contributed by atoms with Crippen LogP contribution >= 0.6 is 0 Å². The van der Waals surface area contributed by atoms with Gasteiger partial charge in [-0.1, -0.05) is 17.2 Å². The largest absolute Gasteiger partial charge is 0.352 e. The number of amides is 2. The number of carbonyl (C=O) groups is 2. The maximum Gasteiger partial charge on any atom is 0.251 e. The van der Waals surface area contributed by atoms with Gasteiger partial charge in [-0.05, 0) is 78.6 Å². The third-order valence-corrected chi connectivity index (χ3v) is 4.62. The maximum absolute atomic E-state index is 12.4. The van der Waals surface area contributed by atoms with Crippen molar-refractivity contribution in [2.24, 2.45) is 5.92 Å². The second-order valence-electron chi connectivity index (χ2n) is 8.60. The summed E-state index contributed by atoms with van der Waals surface area (Å²) in [6.45, 7) is 13.0. The summed E-state index contributed by atoms with van der Waals surface area (Å²) in [6, 6.07) is 5.93. The van der Waals surface area contributed by atoms with Crippen molar-refractivity contribution in [2.75, 3.05) is 26.2 Å². The molecule has 144 valence electrons. The number of hydrogen-bond acceptors (Lipinski definition) is 3. The van der Waals surface area contributed by atoms with Crippen LogP contribution in [0.4, 0.5) is 0 Å². The molecule has 2 N–H and O–H groups in total. The van der Waals surface area contributed by atoms with E-state index in [0.717, 1.165) is 42.6 Å². The molecule has 0 aromatic heterocycles. The van der Waals surface area contributed by atoms with E-state index in [0.29, 0.717) is 19.0 Å². The van der Waals surface area contributed by atoms with E-state index in [1.165, 1.54) is 0 Å². The average Bonchev–Trinajstić information content (AvgIpc) is 2.51. The molecule has 0 saturated carbocycles. The van der Waals surface area contributed by atoms with Crippen LogP contribution in [0.1, 0.15) is 55.1 Å². The van der Waals surface area contributed by atoms with Crippen molar-refractivity contribution >= 4 is 11.8 Å². The first-order valence-electron chi connectivity index (χ1n) is 9.52. The van der Waals surface area contributed by atoms with Gasteiger partial charge in [-0.25, -0.2) is 0 Å². The lowest BCUT2D eigenvalue weighted by atomic mass is 9.96. The molecule has 1 saturated heterocycles. The number of nitrogens with zero attached hydrogens (tertiary/aromatic N) is 1. The Balaban J connectivity index is 1.73. The molecular weight excluding hydrogens is 326 g/mol. The number of carbonyl (C=O) groups excluding carboxylic acids is 2. The number of benzene rings is 1. The highest BCUT2D eigenvalue weighted by molar-refractivity contribution is 5.94. The molecule has 0 atom stereocenters. The zero-order valence-electron chi connectivity index (χ0n) is 16.8. The van der Waals surface area contributed by atoms with Gasteiger partial charge >= 0.3 is 0 Å². The average molecular weight is 360 g/mol. The lowest BCUT2D eigenvalue weighted by molar-refractivity contribution is -0.124. The van der Waals surface area contributed by atoms with Gasteiger partial charge < -0.3 is 10.6 Å². The lowest BCUT2D eigenvalue weighted by Gasteiger charge is -2.32. The molecule has 1 heterocycles. The van der Waals surface area contributed by atoms with E-state index in [-0.39, 0.29) is 17.4 Å². The highest BCUT2D eigenvalue weighted by atomic mass is 16.2. The zero-order chi connectivity index (χ0) is 19.3. The van der Waals surface area contributed by atoms with Crippen LogP contribution in [0.15, 0.2) is 18.2 Å². The summed E-state index contributed by atoms with van der Waals surface area (Å²) in [5.74, 6) is 0.564. The van der Waals surface area contributed by atoms with E-state index in [4.69, 9.17) is 0 Å². The van der Waals surface area contributed by atoms with Crippen LogP contribution in [0.3, 0.4) is 0 Å². The molecule has 1 fully saturated rings. The Labute approximate surface area is 157 Å². The van der Waals surface area contributed by atoms with Crippen LogP contribution in [-0.2, 0) is 4.79 Å². The molecule has 0 spiro atoms. The first kappa shape index (κ1) is 20.4. The second kappa shape index (κ2) is 8.67. The van der Waals surface area contributed by atoms with Crippen LogP contribution in [0.5, 0.6) is 0 Å². The molecule has 2 rings (SSSR count). The number of hydrogen-bond donors (Lipinski definition) is 2. The fraction of sp³-hybridized carbons (Fsp3) is 0.619. The van der Waals surface area contributed by atoms with Gasteiger partial charge in [0.1, 0.15) is 0 Å². The van der Waals surface area contributed by atoms with Crippen LogP contribution < -0.4 is 10.6 Å². The fourth-order valence-electron chi connectivity index (χ4n) is 3.45. The molecule has 1 aliphatic rings. The van der Waals surface area contributed by atoms with Gasteiger partial charge in [-0.15, -0.1) is 0 Å². The van der Waals surface area contributed by atoms with Crippen molar-refractivity contribution in [2.45, 2.75) is 53.0 Å². The van der Waals surface area contributed by atoms with Gasteiger partial charge in [-0.3, -0.25) is 14.5 Å². The minimum Gasteiger partial charge on any atom is -0.352 e. The van der Waals surface area contributed by atoms with Crippen LogP contribution in [0.25, 0.3) is 0 Å². The molecule has 1 aromatic carbocycles. The Hall–Kier alpha value is -1.88. The molecule has 5 heteroatoms. The summed E-state index contributed by atoms with van der Waals surface area (Å²) in [5.41, 5.74) is 2.76. The van der Waals surface area contributed by atoms with Gasteiger partial charge in [0, 0.05) is 17.6 Å². The SMILES string of the molecule is Cc1cc(C)cc(C(=O)NCC2CCN(CC(=O)NC(C)(C)C)CC2)c1. The molecule has 1 aliphatic heterocycles. The second-order valence-corrected chi connectivity index (χ2v) is 8.60. The fourth-order valence-corrected chi connectivity index (χ4v) is 3.45. The number of likely N-dealkylation sites (tertiary alicyclic amines) is 1. The highest BCUT2D eigenvalue weighted by Gasteiger charge is 2.23. The van der Waals surface area contributed by atoms with Crippen molar-refractivity contribution < 1.29 is 9.59 Å². The Morgan fingerprint density at radius 1 is 1.08 bits per heavy atom. The monoisotopic (exact) mass is 359 g/mol. The maximum atomic E-state index is 12.4. The highest BCUT2D eigenvalue weighted by Crippen LogP contribution is 2.17. The first-order chi connectivity index (χ1) is 12.1. The van der Waals surface area contributed by atoms with Gasteiger partial charge in [-0.2, -0.15) is 0 Å². The predicted molar refractivity (Wildman–Crippen MR) is 105 cm³/mol. The quantitative estimate of drug-likeness (QED) is 0.850. The van der Waals surface area contributed by atoms with Crippen LogP contribution in [0.2, 0.25) is 0 Å². The first-order valence-corrected chi connectivity index (χ1v) is 9.52. The van der Waals surface area contributed by atoms with E-state index in [9.17, 15) is 9.59 Å². The topological polar surface area (TPSA) is 61.4 Å². The minimum atomic E-state index is -0.187. The molecule has 1 aromatic rings. The van der Waals surface area contributed by atoms with Crippen LogP contribution in [0, 0.1) is 19.8 Å². The van der Waals surface area contributed by atoms with Gasteiger partial charge in [0.25, 0.3) is 5.91 Å². The minimum absolute atomic E-state index is 0.00350. The molecule has 0 radical (unpaired) electrons. The Morgan fingerprint density at radius 2 is 1.65 bits per heavy atom. The van der Waals surface area contributed by atoms with Crippen molar-refractivity contribution in [3.05, 3.63) is 34.9 Å². The van der Waals surface area contributed by atoms with Gasteiger partial charge in [0.2, 0.25) is 5.91 Å². The van der Waals surface area contributed by atoms with E-state index >= 15 is 0 Å². The van der Waals surface area contributed by atoms with E-state index in [1.54, 1.807) is 0 Å². The molecule has 0 unspecified atom stereocenters. The predicted octanol–water partition coefficient (Wildman–Crippen LogP) is 2.66. The third-order valence-electron chi connectivity index (χ3n) is 4.62. The van der Waals surface area contributed by atoms with Crippen molar-refractivity contribution in [3.63, 3.8) is 0 Å². The van der Waals surface area contributed by atoms with E-state index < -0.39 is 0 Å². The molecule has 0 bridgehead atoms. The van der Waals surface area contributed by atoms with Crippen molar-refractivity contribution in [1.29, 1.82) is 0 Å². The summed E-state index contributed by atoms with van der Waals surface area (Å²) in [7, 11) is 0. The lowest BCUT2D eigenvalue weighted by Crippen LogP contribution is -2.48. The molecular formula is C21H33N3O2. The van der Waals surface area contributed by atoms with E-state index in [2.05, 4.69) is 21.6 Å². The molecule has 0 aliphatic carbocycles. The summed E-state index contributed by atoms with van der Waals surface area (Å²) in [5, 5.41) is 6.08. The number of piperidine rings is 1. The third kappa shape index (κ3) is 6.79. The normalized spacial score (nSPS) is 16.3. The number of rotatable bonds is 5. The van der Waals surface area contributed by atoms with Gasteiger partial charge in [0.15, 0.2) is 0 Å². The van der Waals surface area contributed by atoms with Gasteiger partial charge in [0.05, 0.1) is 6.54 Å². The summed E-state index contributed by atoms with van der Waals surface area (Å²) in [4.78, 5) is 26.6. The smallest absolute Gasteiger partial charge is 0.251 e. The van der Waals surface area contributed by atoms with E-state index in [1.807, 2.05) is 46.8 Å². The number of nitrogens with one attached hydrogen (secondary N) is 2. The molecule has 26 heavy (non-hydrogen) atoms. The van der Waals surface area contributed by atoms with Crippen LogP contribution in [-0.4, -0.2) is 48.4 Å². The van der Waals surface area contributed by atoms with Crippen molar-refractivity contribution in [1.82, 2.24) is 15.5 Å². The zero-order valence-corrected chi connectivity index (χ0v) is 16.8. The Bertz CT molecular complexity index is 621. The Morgan fingerprint density at radius 3 is 2.19 bits per heavy atom. The standard InChI is InChI=1S/C21H33N3O2/c1-15-10-16(2)12-18(11-15)20(26)22-13-17-6-8-24(9-7-17)14-19(25)23-21(3,4)5/h10-12,17H,6-9,13-14H2,1-5H3,(H,22,26)(H,23,25). The molecule has 2 amide bonds. The summed E-state index contributed by atoms with van der Waals surface area (Å²) >= 11 is 0. The summed E-state index contributed by atoms with van der Waals surface area (Å²) < 4.78 is 0. The van der Waals surface area contributed by atoms with Crippen molar-refractivity contribution in [3.8, 4) is 0 Å². The Kier molecular flexibility index (Phi) is 6.81. The number of aryl methyl sites for hydroxylation is 2. The summed E-state index contributed by atoms with van der Waals surface area (Å²) in [6.07, 6.45) is 2.02. The molecule has 5 nitrogen and oxygen atoms in total.